The van der Waals surface area contributed by atoms with Crippen LogP contribution in [0.3, 0.4) is 0 Å². The predicted octanol–water partition coefficient (Wildman–Crippen LogP) is 3.72. The number of fused-ring (bicyclic) bond motifs is 3. The first kappa shape index (κ1) is 22.3. The Balaban J connectivity index is 1.95. The van der Waals surface area contributed by atoms with Gasteiger partial charge in [0.2, 0.25) is 5.91 Å². The van der Waals surface area contributed by atoms with E-state index in [0.717, 1.165) is 29.5 Å². The number of nitrogens with zero attached hydrogens (tertiary/aromatic N) is 3. The van der Waals surface area contributed by atoms with E-state index in [1.165, 1.54) is 28.6 Å². The predicted molar refractivity (Wildman–Crippen MR) is 120 cm³/mol. The third kappa shape index (κ3) is 4.70. The fourth-order valence-electron chi connectivity index (χ4n) is 4.08. The Hall–Kier alpha value is -1.38. The fraction of sp³-hybridized carbons (Fsp3) is 0.667. The molecule has 0 spiro atoms. The molecule has 1 aliphatic carbocycles. The Labute approximate surface area is 180 Å². The SMILES string of the molecule is COCCn1c(SCC(=O)N(C(C)C)C(C)C)nc2sc3c(c2c1=O)CCCC3. The molecule has 160 valence electrons. The smallest absolute Gasteiger partial charge is 0.263 e. The first-order valence-corrected chi connectivity index (χ1v) is 12.1. The summed E-state index contributed by atoms with van der Waals surface area (Å²) in [4.78, 5) is 35.0. The van der Waals surface area contributed by atoms with Gasteiger partial charge in [0.15, 0.2) is 5.16 Å². The third-order valence-electron chi connectivity index (χ3n) is 5.28. The number of carbonyl (C=O) groups is 1. The van der Waals surface area contributed by atoms with Crippen molar-refractivity contribution in [1.29, 1.82) is 0 Å². The first-order valence-electron chi connectivity index (χ1n) is 10.3. The van der Waals surface area contributed by atoms with Crippen molar-refractivity contribution >= 4 is 39.2 Å². The molecule has 2 heterocycles. The molecule has 0 N–H and O–H groups in total. The Kier molecular flexibility index (Phi) is 7.40. The van der Waals surface area contributed by atoms with Crippen LogP contribution >= 0.6 is 23.1 Å². The van der Waals surface area contributed by atoms with Crippen molar-refractivity contribution in [2.24, 2.45) is 0 Å². The van der Waals surface area contributed by atoms with Crippen LogP contribution in [0.15, 0.2) is 9.95 Å². The van der Waals surface area contributed by atoms with E-state index in [9.17, 15) is 9.59 Å². The summed E-state index contributed by atoms with van der Waals surface area (Å²) in [5.74, 6) is 0.338. The summed E-state index contributed by atoms with van der Waals surface area (Å²) in [5.41, 5.74) is 1.20. The number of thiophene rings is 1. The van der Waals surface area contributed by atoms with Crippen molar-refractivity contribution < 1.29 is 9.53 Å². The number of ether oxygens (including phenoxy) is 1. The lowest BCUT2D eigenvalue weighted by Crippen LogP contribution is -2.43. The van der Waals surface area contributed by atoms with Crippen molar-refractivity contribution in [3.05, 3.63) is 20.8 Å². The van der Waals surface area contributed by atoms with Gasteiger partial charge in [-0.2, -0.15) is 0 Å². The normalized spacial score (nSPS) is 14.0. The number of methoxy groups -OCH3 is 1. The second-order valence-electron chi connectivity index (χ2n) is 8.01. The maximum absolute atomic E-state index is 13.3. The molecular formula is C21H31N3O3S2. The van der Waals surface area contributed by atoms with Gasteiger partial charge in [0.05, 0.1) is 24.3 Å². The summed E-state index contributed by atoms with van der Waals surface area (Å²) in [6.45, 7) is 8.98. The molecular weight excluding hydrogens is 406 g/mol. The number of aryl methyl sites for hydroxylation is 2. The standard InChI is InChI=1S/C21H31N3O3S2/c1-13(2)24(14(3)4)17(25)12-28-21-22-19-18(20(26)23(21)10-11-27-5)15-8-6-7-9-16(15)29-19/h13-14H,6-12H2,1-5H3. The van der Waals surface area contributed by atoms with E-state index in [1.807, 2.05) is 32.6 Å². The van der Waals surface area contributed by atoms with Gasteiger partial charge in [-0.05, 0) is 58.9 Å². The topological polar surface area (TPSA) is 64.4 Å². The van der Waals surface area contributed by atoms with Crippen LogP contribution in [0.4, 0.5) is 0 Å². The number of hydrogen-bond donors (Lipinski definition) is 0. The van der Waals surface area contributed by atoms with E-state index in [4.69, 9.17) is 9.72 Å². The molecule has 0 bridgehead atoms. The second kappa shape index (κ2) is 9.62. The molecule has 3 rings (SSSR count). The number of thioether (sulfide) groups is 1. The maximum Gasteiger partial charge on any atom is 0.263 e. The lowest BCUT2D eigenvalue weighted by molar-refractivity contribution is -0.131. The lowest BCUT2D eigenvalue weighted by atomic mass is 9.97. The highest BCUT2D eigenvalue weighted by atomic mass is 32.2. The zero-order valence-corrected chi connectivity index (χ0v) is 19.6. The molecule has 8 heteroatoms. The molecule has 0 aliphatic heterocycles. The molecule has 2 aromatic rings. The van der Waals surface area contributed by atoms with Crippen molar-refractivity contribution in [3.63, 3.8) is 0 Å². The second-order valence-corrected chi connectivity index (χ2v) is 10.0. The van der Waals surface area contributed by atoms with E-state index < -0.39 is 0 Å². The van der Waals surface area contributed by atoms with Crippen molar-refractivity contribution in [2.45, 2.75) is 77.2 Å². The average molecular weight is 438 g/mol. The zero-order valence-electron chi connectivity index (χ0n) is 18.0. The Morgan fingerprint density at radius 2 is 1.93 bits per heavy atom. The van der Waals surface area contributed by atoms with Gasteiger partial charge in [-0.3, -0.25) is 14.2 Å². The highest BCUT2D eigenvalue weighted by Gasteiger charge is 2.24. The molecule has 0 saturated heterocycles. The molecule has 0 unspecified atom stereocenters. The third-order valence-corrected chi connectivity index (χ3v) is 7.43. The molecule has 0 atom stereocenters. The Morgan fingerprint density at radius 1 is 1.24 bits per heavy atom. The van der Waals surface area contributed by atoms with Crippen molar-refractivity contribution in [3.8, 4) is 0 Å². The number of hydrogen-bond acceptors (Lipinski definition) is 6. The van der Waals surface area contributed by atoms with Crippen molar-refractivity contribution in [1.82, 2.24) is 14.5 Å². The van der Waals surface area contributed by atoms with Gasteiger partial charge in [0.25, 0.3) is 5.56 Å². The Morgan fingerprint density at radius 3 is 2.59 bits per heavy atom. The highest BCUT2D eigenvalue weighted by molar-refractivity contribution is 7.99. The van der Waals surface area contributed by atoms with Crippen LogP contribution in [0.25, 0.3) is 10.2 Å². The van der Waals surface area contributed by atoms with E-state index in [-0.39, 0.29) is 29.3 Å². The molecule has 29 heavy (non-hydrogen) atoms. The minimum Gasteiger partial charge on any atom is -0.383 e. The molecule has 0 aromatic carbocycles. The summed E-state index contributed by atoms with van der Waals surface area (Å²) >= 11 is 3.00. The van der Waals surface area contributed by atoms with Crippen LogP contribution in [0.5, 0.6) is 0 Å². The largest absolute Gasteiger partial charge is 0.383 e. The van der Waals surface area contributed by atoms with Crippen LogP contribution < -0.4 is 5.56 Å². The molecule has 1 amide bonds. The average Bonchev–Trinajstić information content (AvgIpc) is 3.03. The van der Waals surface area contributed by atoms with Gasteiger partial charge in [0.1, 0.15) is 4.83 Å². The van der Waals surface area contributed by atoms with Crippen LogP contribution in [-0.4, -0.2) is 51.9 Å². The number of amides is 1. The highest BCUT2D eigenvalue weighted by Crippen LogP contribution is 2.34. The van der Waals surface area contributed by atoms with E-state index >= 15 is 0 Å². The number of rotatable bonds is 8. The number of carbonyl (C=O) groups excluding carboxylic acids is 1. The van der Waals surface area contributed by atoms with Crippen LogP contribution in [0.2, 0.25) is 0 Å². The Bertz CT molecular complexity index is 925. The molecule has 0 saturated carbocycles. The zero-order chi connectivity index (χ0) is 21.1. The maximum atomic E-state index is 13.3. The number of aromatic nitrogens is 2. The van der Waals surface area contributed by atoms with Gasteiger partial charge < -0.3 is 9.64 Å². The minimum absolute atomic E-state index is 0.00553. The summed E-state index contributed by atoms with van der Waals surface area (Å²) in [6, 6.07) is 0.275. The molecule has 6 nitrogen and oxygen atoms in total. The molecule has 1 aliphatic rings. The van der Waals surface area contributed by atoms with Crippen LogP contribution in [-0.2, 0) is 28.9 Å². The molecule has 0 radical (unpaired) electrons. The van der Waals surface area contributed by atoms with Crippen molar-refractivity contribution in [2.75, 3.05) is 19.5 Å². The summed E-state index contributed by atoms with van der Waals surface area (Å²) < 4.78 is 6.91. The monoisotopic (exact) mass is 437 g/mol. The van der Waals surface area contributed by atoms with Gasteiger partial charge in [-0.25, -0.2) is 4.98 Å². The first-order chi connectivity index (χ1) is 13.8. The van der Waals surface area contributed by atoms with E-state index in [1.54, 1.807) is 23.0 Å². The minimum atomic E-state index is 0.00553. The van der Waals surface area contributed by atoms with Gasteiger partial charge in [0, 0.05) is 24.1 Å². The quantitative estimate of drug-likeness (QED) is 0.465. The van der Waals surface area contributed by atoms with Gasteiger partial charge in [-0.1, -0.05) is 11.8 Å². The van der Waals surface area contributed by atoms with E-state index in [0.29, 0.717) is 18.3 Å². The summed E-state index contributed by atoms with van der Waals surface area (Å²) in [6.07, 6.45) is 4.29. The van der Waals surface area contributed by atoms with Gasteiger partial charge in [-0.15, -0.1) is 11.3 Å². The molecule has 0 fully saturated rings. The van der Waals surface area contributed by atoms with Gasteiger partial charge >= 0.3 is 0 Å². The summed E-state index contributed by atoms with van der Waals surface area (Å²) in [5, 5.41) is 1.39. The fourth-order valence-corrected chi connectivity index (χ4v) is 6.28. The lowest BCUT2D eigenvalue weighted by Gasteiger charge is -2.30. The van der Waals surface area contributed by atoms with Crippen LogP contribution in [0, 0.1) is 0 Å². The van der Waals surface area contributed by atoms with Crippen LogP contribution in [0.1, 0.15) is 51.0 Å². The van der Waals surface area contributed by atoms with E-state index in [2.05, 4.69) is 0 Å². The summed E-state index contributed by atoms with van der Waals surface area (Å²) in [7, 11) is 1.63. The molecule has 2 aromatic heterocycles.